The maximum absolute atomic E-state index is 12.5. The molecule has 2 heterocycles. The van der Waals surface area contributed by atoms with Crippen molar-refractivity contribution in [2.75, 3.05) is 17.7 Å². The molecule has 3 aromatic rings. The molecule has 0 bridgehead atoms. The van der Waals surface area contributed by atoms with E-state index >= 15 is 0 Å². The Hall–Kier alpha value is -2.41. The first-order chi connectivity index (χ1) is 11.1. The first kappa shape index (κ1) is 15.5. The lowest BCUT2D eigenvalue weighted by molar-refractivity contribution is 0.677. The highest BCUT2D eigenvalue weighted by Crippen LogP contribution is 2.28. The van der Waals surface area contributed by atoms with Gasteiger partial charge in [-0.1, -0.05) is 26.0 Å². The van der Waals surface area contributed by atoms with Crippen LogP contribution in [0, 0.1) is 0 Å². The van der Waals surface area contributed by atoms with E-state index in [1.807, 2.05) is 50.4 Å². The molecular formula is C16H19N5OS. The van der Waals surface area contributed by atoms with Crippen LogP contribution >= 0.6 is 0 Å². The molecule has 7 heteroatoms. The van der Waals surface area contributed by atoms with Gasteiger partial charge in [-0.3, -0.25) is 4.21 Å². The van der Waals surface area contributed by atoms with Crippen LogP contribution < -0.4 is 10.6 Å². The number of hydrogen-bond donors (Lipinski definition) is 3. The van der Waals surface area contributed by atoms with Gasteiger partial charge >= 0.3 is 0 Å². The van der Waals surface area contributed by atoms with Crippen LogP contribution in [-0.4, -0.2) is 31.5 Å². The van der Waals surface area contributed by atoms with Crippen molar-refractivity contribution in [3.05, 3.63) is 36.5 Å². The van der Waals surface area contributed by atoms with Gasteiger partial charge in [-0.15, -0.1) is 0 Å². The van der Waals surface area contributed by atoms with Crippen molar-refractivity contribution in [3.63, 3.8) is 0 Å². The van der Waals surface area contributed by atoms with Crippen molar-refractivity contribution in [3.8, 4) is 0 Å². The third kappa shape index (κ3) is 3.05. The molecule has 3 N–H and O–H groups in total. The SMILES string of the molecule is CNc1nc(Nc2ccccc2S(=O)C(C)C)c2[nH]ccc2n1. The van der Waals surface area contributed by atoms with Crippen LogP contribution in [0.15, 0.2) is 41.4 Å². The number of H-pyrrole nitrogens is 1. The molecule has 0 spiro atoms. The maximum Gasteiger partial charge on any atom is 0.225 e. The second-order valence-electron chi connectivity index (χ2n) is 5.35. The van der Waals surface area contributed by atoms with Crippen LogP contribution in [0.25, 0.3) is 11.0 Å². The van der Waals surface area contributed by atoms with E-state index < -0.39 is 10.8 Å². The summed E-state index contributed by atoms with van der Waals surface area (Å²) in [7, 11) is 0.694. The third-order valence-corrected chi connectivity index (χ3v) is 5.06. The van der Waals surface area contributed by atoms with E-state index in [1.54, 1.807) is 7.05 Å². The standard InChI is InChI=1S/C16H19N5OS/c1-10(2)23(22)13-7-5-4-6-11(13)19-15-14-12(8-9-18-14)20-16(17-3)21-15/h4-10,18H,1-3H3,(H2,17,19,20,21). The van der Waals surface area contributed by atoms with Gasteiger partial charge in [-0.25, -0.2) is 4.98 Å². The summed E-state index contributed by atoms with van der Waals surface area (Å²) in [5, 5.41) is 6.29. The fourth-order valence-corrected chi connectivity index (χ4v) is 3.33. The Morgan fingerprint density at radius 2 is 1.96 bits per heavy atom. The lowest BCUT2D eigenvalue weighted by Crippen LogP contribution is -2.09. The summed E-state index contributed by atoms with van der Waals surface area (Å²) in [6.07, 6.45) is 1.82. The van der Waals surface area contributed by atoms with E-state index in [1.165, 1.54) is 0 Å². The summed E-state index contributed by atoms with van der Waals surface area (Å²) in [4.78, 5) is 12.8. The zero-order valence-electron chi connectivity index (χ0n) is 13.3. The van der Waals surface area contributed by atoms with Crippen molar-refractivity contribution in [2.24, 2.45) is 0 Å². The molecule has 3 rings (SSSR count). The zero-order chi connectivity index (χ0) is 16.4. The first-order valence-electron chi connectivity index (χ1n) is 7.39. The van der Waals surface area contributed by atoms with Crippen molar-refractivity contribution in [1.82, 2.24) is 15.0 Å². The number of hydrogen-bond acceptors (Lipinski definition) is 5. The van der Waals surface area contributed by atoms with Crippen LogP contribution in [0.2, 0.25) is 0 Å². The monoisotopic (exact) mass is 329 g/mol. The Morgan fingerprint density at radius 3 is 2.70 bits per heavy atom. The Morgan fingerprint density at radius 1 is 1.17 bits per heavy atom. The number of nitrogens with one attached hydrogen (secondary N) is 3. The van der Waals surface area contributed by atoms with Crippen LogP contribution in [0.3, 0.4) is 0 Å². The topological polar surface area (TPSA) is 82.7 Å². The van der Waals surface area contributed by atoms with Gasteiger partial charge in [0.2, 0.25) is 5.95 Å². The molecule has 0 aliphatic rings. The van der Waals surface area contributed by atoms with Crippen molar-refractivity contribution >= 4 is 39.3 Å². The lowest BCUT2D eigenvalue weighted by atomic mass is 10.3. The van der Waals surface area contributed by atoms with E-state index in [0.717, 1.165) is 21.6 Å². The quantitative estimate of drug-likeness (QED) is 0.669. The molecule has 0 radical (unpaired) electrons. The predicted molar refractivity (Wildman–Crippen MR) is 94.7 cm³/mol. The second kappa shape index (κ2) is 6.37. The minimum Gasteiger partial charge on any atom is -0.357 e. The average Bonchev–Trinajstić information content (AvgIpc) is 3.03. The minimum absolute atomic E-state index is 0.0433. The summed E-state index contributed by atoms with van der Waals surface area (Å²) in [6.45, 7) is 3.89. The number of aromatic amines is 1. The Labute approximate surface area is 137 Å². The highest BCUT2D eigenvalue weighted by molar-refractivity contribution is 7.85. The number of rotatable bonds is 5. The fraction of sp³-hybridized carbons (Fsp3) is 0.250. The Balaban J connectivity index is 2.06. The average molecular weight is 329 g/mol. The predicted octanol–water partition coefficient (Wildman–Crippen LogP) is 3.26. The molecule has 23 heavy (non-hydrogen) atoms. The van der Waals surface area contributed by atoms with Crippen molar-refractivity contribution in [2.45, 2.75) is 24.0 Å². The third-order valence-electron chi connectivity index (χ3n) is 3.41. The number of benzene rings is 1. The molecule has 0 fully saturated rings. The molecule has 0 aliphatic carbocycles. The van der Waals surface area contributed by atoms with Crippen LogP contribution in [-0.2, 0) is 10.8 Å². The van der Waals surface area contributed by atoms with Gasteiger partial charge in [-0.2, -0.15) is 4.98 Å². The Kier molecular flexibility index (Phi) is 4.29. The summed E-state index contributed by atoms with van der Waals surface area (Å²) in [5.41, 5.74) is 2.42. The fourth-order valence-electron chi connectivity index (χ4n) is 2.27. The molecule has 2 aromatic heterocycles. The highest BCUT2D eigenvalue weighted by Gasteiger charge is 2.15. The molecule has 0 saturated carbocycles. The summed E-state index contributed by atoms with van der Waals surface area (Å²) >= 11 is 0. The summed E-state index contributed by atoms with van der Waals surface area (Å²) < 4.78 is 12.5. The highest BCUT2D eigenvalue weighted by atomic mass is 32.2. The molecular weight excluding hydrogens is 310 g/mol. The Bertz CT molecular complexity index is 859. The molecule has 6 nitrogen and oxygen atoms in total. The van der Waals surface area contributed by atoms with Crippen molar-refractivity contribution in [1.29, 1.82) is 0 Å². The lowest BCUT2D eigenvalue weighted by Gasteiger charge is -2.14. The maximum atomic E-state index is 12.5. The van der Waals surface area contributed by atoms with Gasteiger partial charge in [-0.05, 0) is 18.2 Å². The largest absolute Gasteiger partial charge is 0.357 e. The van der Waals surface area contributed by atoms with Crippen molar-refractivity contribution < 1.29 is 4.21 Å². The number of aromatic nitrogens is 3. The molecule has 1 unspecified atom stereocenters. The van der Waals surface area contributed by atoms with E-state index in [0.29, 0.717) is 11.8 Å². The summed E-state index contributed by atoms with van der Waals surface area (Å²) in [5.74, 6) is 1.18. The van der Waals surface area contributed by atoms with Crippen LogP contribution in [0.4, 0.5) is 17.5 Å². The first-order valence-corrected chi connectivity index (χ1v) is 8.61. The molecule has 0 aliphatic heterocycles. The van der Waals surface area contributed by atoms with Crippen LogP contribution in [0.5, 0.6) is 0 Å². The molecule has 1 atom stereocenters. The molecule has 1 aromatic carbocycles. The molecule has 0 saturated heterocycles. The normalized spacial score (nSPS) is 12.5. The molecule has 0 amide bonds. The van der Waals surface area contributed by atoms with E-state index in [2.05, 4.69) is 25.6 Å². The summed E-state index contributed by atoms with van der Waals surface area (Å²) in [6, 6.07) is 9.48. The van der Waals surface area contributed by atoms with E-state index in [4.69, 9.17) is 0 Å². The van der Waals surface area contributed by atoms with Gasteiger partial charge < -0.3 is 15.6 Å². The van der Waals surface area contributed by atoms with Gasteiger partial charge in [0.1, 0.15) is 5.52 Å². The van der Waals surface area contributed by atoms with Gasteiger partial charge in [0.25, 0.3) is 0 Å². The van der Waals surface area contributed by atoms with Crippen LogP contribution in [0.1, 0.15) is 13.8 Å². The van der Waals surface area contributed by atoms with Gasteiger partial charge in [0.05, 0.1) is 26.9 Å². The number of nitrogens with zero attached hydrogens (tertiary/aromatic N) is 2. The smallest absolute Gasteiger partial charge is 0.225 e. The second-order valence-corrected chi connectivity index (χ2v) is 7.33. The van der Waals surface area contributed by atoms with Gasteiger partial charge in [0, 0.05) is 18.5 Å². The number of para-hydroxylation sites is 1. The molecule has 120 valence electrons. The number of anilines is 3. The minimum atomic E-state index is -1.08. The van der Waals surface area contributed by atoms with E-state index in [-0.39, 0.29) is 5.25 Å². The zero-order valence-corrected chi connectivity index (χ0v) is 14.1. The van der Waals surface area contributed by atoms with E-state index in [9.17, 15) is 4.21 Å². The number of fused-ring (bicyclic) bond motifs is 1. The van der Waals surface area contributed by atoms with Gasteiger partial charge in [0.15, 0.2) is 5.82 Å².